The smallest absolute Gasteiger partial charge is 0.123 e. The van der Waals surface area contributed by atoms with Gasteiger partial charge in [-0.3, -0.25) is 0 Å². The third-order valence-electron chi connectivity index (χ3n) is 2.80. The number of benzene rings is 1. The third kappa shape index (κ3) is 3.39. The largest absolute Gasteiger partial charge is 0.384 e. The van der Waals surface area contributed by atoms with Crippen molar-refractivity contribution in [3.05, 3.63) is 42.1 Å². The van der Waals surface area contributed by atoms with Crippen molar-refractivity contribution in [2.24, 2.45) is 0 Å². The van der Waals surface area contributed by atoms with Crippen LogP contribution in [0.15, 0.2) is 30.5 Å². The van der Waals surface area contributed by atoms with Gasteiger partial charge in [0.1, 0.15) is 18.4 Å². The number of hydrogen-bond donors (Lipinski definition) is 0. The van der Waals surface area contributed by atoms with E-state index < -0.39 is 0 Å². The van der Waals surface area contributed by atoms with E-state index in [0.29, 0.717) is 19.8 Å². The molecule has 0 fully saturated rings. The molecule has 1 heterocycles. The number of imidazole rings is 1. The summed E-state index contributed by atoms with van der Waals surface area (Å²) in [5, 5.41) is 0. The van der Waals surface area contributed by atoms with E-state index in [1.54, 1.807) is 26.4 Å². The Morgan fingerprint density at radius 3 is 2.53 bits per heavy atom. The molecule has 0 aliphatic carbocycles. The number of methoxy groups -OCH3 is 2. The van der Waals surface area contributed by atoms with Crippen LogP contribution in [-0.2, 0) is 22.6 Å². The summed E-state index contributed by atoms with van der Waals surface area (Å²) in [6.07, 6.45) is 2.61. The topological polar surface area (TPSA) is 36.3 Å². The lowest BCUT2D eigenvalue weighted by Gasteiger charge is -2.04. The number of hydrogen-bond acceptors (Lipinski definition) is 3. The minimum absolute atomic E-state index is 0.250. The molecule has 5 heteroatoms. The van der Waals surface area contributed by atoms with Gasteiger partial charge < -0.3 is 14.0 Å². The lowest BCUT2D eigenvalue weighted by atomic mass is 10.2. The van der Waals surface area contributed by atoms with E-state index in [0.717, 1.165) is 17.1 Å². The van der Waals surface area contributed by atoms with E-state index in [1.807, 2.05) is 10.8 Å². The lowest BCUT2D eigenvalue weighted by Crippen LogP contribution is -2.07. The number of nitrogens with zero attached hydrogens (tertiary/aromatic N) is 2. The van der Waals surface area contributed by atoms with E-state index in [-0.39, 0.29) is 5.82 Å². The zero-order valence-corrected chi connectivity index (χ0v) is 11.1. The summed E-state index contributed by atoms with van der Waals surface area (Å²) < 4.78 is 25.0. The molecule has 0 aliphatic heterocycles. The molecule has 4 nitrogen and oxygen atoms in total. The van der Waals surface area contributed by atoms with Crippen molar-refractivity contribution in [3.8, 4) is 11.3 Å². The van der Waals surface area contributed by atoms with Crippen LogP contribution in [0, 0.1) is 5.82 Å². The van der Waals surface area contributed by atoms with Crippen molar-refractivity contribution >= 4 is 0 Å². The fraction of sp³-hybridized carbons (Fsp3) is 0.357. The van der Waals surface area contributed by atoms with Gasteiger partial charge in [-0.25, -0.2) is 9.37 Å². The van der Waals surface area contributed by atoms with Crippen molar-refractivity contribution in [3.63, 3.8) is 0 Å². The number of ether oxygens (including phenoxy) is 2. The highest BCUT2D eigenvalue weighted by Gasteiger charge is 2.09. The van der Waals surface area contributed by atoms with Crippen LogP contribution in [0.2, 0.25) is 0 Å². The van der Waals surface area contributed by atoms with Crippen molar-refractivity contribution in [2.45, 2.75) is 13.2 Å². The highest BCUT2D eigenvalue weighted by molar-refractivity contribution is 5.58. The predicted octanol–water partition coefficient (Wildman–Crippen LogP) is 2.48. The van der Waals surface area contributed by atoms with E-state index in [9.17, 15) is 4.39 Å². The first-order valence-corrected chi connectivity index (χ1v) is 6.04. The van der Waals surface area contributed by atoms with E-state index in [1.165, 1.54) is 12.1 Å². The molecule has 0 saturated carbocycles. The Bertz CT molecular complexity index is 523. The molecule has 2 aromatic rings. The van der Waals surface area contributed by atoms with Crippen molar-refractivity contribution < 1.29 is 13.9 Å². The molecule has 19 heavy (non-hydrogen) atoms. The minimum atomic E-state index is -0.250. The summed E-state index contributed by atoms with van der Waals surface area (Å²) in [6, 6.07) is 6.29. The van der Waals surface area contributed by atoms with Crippen LogP contribution in [0.5, 0.6) is 0 Å². The van der Waals surface area contributed by atoms with Crippen LogP contribution in [0.3, 0.4) is 0 Å². The van der Waals surface area contributed by atoms with Gasteiger partial charge in [-0.1, -0.05) is 0 Å². The quantitative estimate of drug-likeness (QED) is 0.804. The maximum atomic E-state index is 12.9. The molecule has 0 saturated heterocycles. The van der Waals surface area contributed by atoms with Crippen LogP contribution in [-0.4, -0.2) is 30.4 Å². The molecule has 0 bridgehead atoms. The third-order valence-corrected chi connectivity index (χ3v) is 2.80. The molecule has 0 aliphatic rings. The summed E-state index contributed by atoms with van der Waals surface area (Å²) in [5.41, 5.74) is 1.69. The number of halogens is 1. The Balaban J connectivity index is 2.27. The number of rotatable bonds is 6. The molecule has 0 N–H and O–H groups in total. The predicted molar refractivity (Wildman–Crippen MR) is 70.2 cm³/mol. The average Bonchev–Trinajstić information content (AvgIpc) is 2.81. The monoisotopic (exact) mass is 264 g/mol. The molecular formula is C14H17FN2O2. The molecule has 1 aromatic heterocycles. The van der Waals surface area contributed by atoms with Crippen molar-refractivity contribution in [2.75, 3.05) is 20.8 Å². The first kappa shape index (κ1) is 13.7. The first-order chi connectivity index (χ1) is 9.24. The van der Waals surface area contributed by atoms with Crippen LogP contribution in [0.25, 0.3) is 11.3 Å². The van der Waals surface area contributed by atoms with Gasteiger partial charge in [0.25, 0.3) is 0 Å². The summed E-state index contributed by atoms with van der Waals surface area (Å²) >= 11 is 0. The fourth-order valence-electron chi connectivity index (χ4n) is 1.86. The molecule has 0 spiro atoms. The van der Waals surface area contributed by atoms with E-state index in [4.69, 9.17) is 9.47 Å². The van der Waals surface area contributed by atoms with Gasteiger partial charge >= 0.3 is 0 Å². The molecular weight excluding hydrogens is 247 g/mol. The molecule has 0 atom stereocenters. The SMILES string of the molecule is COCCc1nc(-c2ccc(F)cc2)cn1COC. The van der Waals surface area contributed by atoms with Gasteiger partial charge in [-0.15, -0.1) is 0 Å². The van der Waals surface area contributed by atoms with E-state index in [2.05, 4.69) is 4.98 Å². The maximum absolute atomic E-state index is 12.9. The van der Waals surface area contributed by atoms with Crippen molar-refractivity contribution in [1.29, 1.82) is 0 Å². The molecule has 0 amide bonds. The average molecular weight is 264 g/mol. The Morgan fingerprint density at radius 2 is 1.89 bits per heavy atom. The zero-order chi connectivity index (χ0) is 13.7. The Hall–Kier alpha value is -1.72. The second-order valence-electron chi connectivity index (χ2n) is 4.18. The standard InChI is InChI=1S/C14H17FN2O2/c1-18-8-7-14-16-13(9-17(14)10-19-2)11-3-5-12(15)6-4-11/h3-6,9H,7-8,10H2,1-2H3. The molecule has 2 rings (SSSR count). The number of aromatic nitrogens is 2. The summed E-state index contributed by atoms with van der Waals surface area (Å²) in [6.45, 7) is 1.04. The normalized spacial score (nSPS) is 10.9. The molecule has 102 valence electrons. The lowest BCUT2D eigenvalue weighted by molar-refractivity contribution is 0.126. The second kappa shape index (κ2) is 6.45. The second-order valence-corrected chi connectivity index (χ2v) is 4.18. The zero-order valence-electron chi connectivity index (χ0n) is 11.1. The van der Waals surface area contributed by atoms with Gasteiger partial charge in [0, 0.05) is 32.4 Å². The first-order valence-electron chi connectivity index (χ1n) is 6.04. The van der Waals surface area contributed by atoms with Crippen LogP contribution < -0.4 is 0 Å². The van der Waals surface area contributed by atoms with Crippen LogP contribution in [0.4, 0.5) is 4.39 Å². The van der Waals surface area contributed by atoms with Gasteiger partial charge in [-0.2, -0.15) is 0 Å². The maximum Gasteiger partial charge on any atom is 0.123 e. The molecule has 0 unspecified atom stereocenters. The summed E-state index contributed by atoms with van der Waals surface area (Å²) in [5.74, 6) is 0.641. The highest BCUT2D eigenvalue weighted by atomic mass is 19.1. The molecule has 1 aromatic carbocycles. The van der Waals surface area contributed by atoms with Crippen molar-refractivity contribution in [1.82, 2.24) is 9.55 Å². The van der Waals surface area contributed by atoms with Gasteiger partial charge in [0.15, 0.2) is 0 Å². The fourth-order valence-corrected chi connectivity index (χ4v) is 1.86. The Morgan fingerprint density at radius 1 is 1.16 bits per heavy atom. The minimum Gasteiger partial charge on any atom is -0.384 e. The van der Waals surface area contributed by atoms with E-state index >= 15 is 0 Å². The van der Waals surface area contributed by atoms with Gasteiger partial charge in [-0.05, 0) is 24.3 Å². The molecule has 0 radical (unpaired) electrons. The summed E-state index contributed by atoms with van der Waals surface area (Å²) in [4.78, 5) is 4.55. The highest BCUT2D eigenvalue weighted by Crippen LogP contribution is 2.19. The Kier molecular flexibility index (Phi) is 4.65. The van der Waals surface area contributed by atoms with Gasteiger partial charge in [0.2, 0.25) is 0 Å². The summed E-state index contributed by atoms with van der Waals surface area (Å²) in [7, 11) is 3.29. The Labute approximate surface area is 111 Å². The van der Waals surface area contributed by atoms with Crippen LogP contribution >= 0.6 is 0 Å². The van der Waals surface area contributed by atoms with Gasteiger partial charge in [0.05, 0.1) is 12.3 Å². The van der Waals surface area contributed by atoms with Crippen LogP contribution in [0.1, 0.15) is 5.82 Å².